The van der Waals surface area contributed by atoms with Crippen LogP contribution in [0.25, 0.3) is 0 Å². The van der Waals surface area contributed by atoms with Crippen LogP contribution in [-0.2, 0) is 22.6 Å². The highest BCUT2D eigenvalue weighted by atomic mass is 79.9. The molecule has 2 aromatic rings. The third-order valence-electron chi connectivity index (χ3n) is 4.92. The summed E-state index contributed by atoms with van der Waals surface area (Å²) in [4.78, 5) is 12.5. The summed E-state index contributed by atoms with van der Waals surface area (Å²) in [5.74, 6) is -0.0400. The second kappa shape index (κ2) is 9.77. The first-order chi connectivity index (χ1) is 12.7. The van der Waals surface area contributed by atoms with Crippen LogP contribution in [-0.4, -0.2) is 12.5 Å². The molecule has 1 aliphatic rings. The number of ether oxygens (including phenoxy) is 1. The van der Waals surface area contributed by atoms with Crippen LogP contribution in [0.5, 0.6) is 0 Å². The summed E-state index contributed by atoms with van der Waals surface area (Å²) in [6, 6.07) is 16.3. The molecule has 2 aromatic carbocycles. The molecule has 1 aliphatic heterocycles. The summed E-state index contributed by atoms with van der Waals surface area (Å²) in [7, 11) is 0. The second-order valence-corrected chi connectivity index (χ2v) is 7.82. The van der Waals surface area contributed by atoms with E-state index in [0.717, 1.165) is 55.1 Å². The monoisotopic (exact) mass is 415 g/mol. The Kier molecular flexibility index (Phi) is 7.13. The van der Waals surface area contributed by atoms with Crippen LogP contribution in [0.1, 0.15) is 43.2 Å². The van der Waals surface area contributed by atoms with Gasteiger partial charge in [-0.1, -0.05) is 52.7 Å². The number of hydrogen-bond acceptors (Lipinski definition) is 3. The van der Waals surface area contributed by atoms with Gasteiger partial charge in [0, 0.05) is 16.7 Å². The predicted molar refractivity (Wildman–Crippen MR) is 109 cm³/mol. The molecule has 0 aromatic heterocycles. The minimum absolute atomic E-state index is 0.00783. The van der Waals surface area contributed by atoms with E-state index in [4.69, 9.17) is 4.74 Å². The van der Waals surface area contributed by atoms with Gasteiger partial charge in [-0.25, -0.2) is 0 Å². The van der Waals surface area contributed by atoms with Crippen LogP contribution in [0.3, 0.4) is 0 Å². The Morgan fingerprint density at radius 1 is 1.08 bits per heavy atom. The van der Waals surface area contributed by atoms with Gasteiger partial charge in [-0.2, -0.15) is 0 Å². The van der Waals surface area contributed by atoms with Gasteiger partial charge in [0.25, 0.3) is 0 Å². The molecular weight excluding hydrogens is 390 g/mol. The van der Waals surface area contributed by atoms with E-state index in [2.05, 4.69) is 39.4 Å². The van der Waals surface area contributed by atoms with E-state index >= 15 is 0 Å². The van der Waals surface area contributed by atoms with Crippen LogP contribution in [0.2, 0.25) is 0 Å². The maximum atomic E-state index is 12.5. The standard InChI is InChI=1S/C22H26BrNO2/c23-20-12-13-21-19(15-20)10-5-4-9-18(11-6-14-24-21)22(25)26-16-17-7-2-1-3-8-17/h1-3,7-8,12-13,15,18,24H,4-6,9-11,14,16H2. The molecule has 0 aliphatic carbocycles. The summed E-state index contributed by atoms with van der Waals surface area (Å²) in [6.07, 6.45) is 5.95. The van der Waals surface area contributed by atoms with E-state index in [-0.39, 0.29) is 11.9 Å². The summed E-state index contributed by atoms with van der Waals surface area (Å²) in [5.41, 5.74) is 3.61. The summed E-state index contributed by atoms with van der Waals surface area (Å²) < 4.78 is 6.70. The number of anilines is 1. The number of halogens is 1. The van der Waals surface area contributed by atoms with Crippen molar-refractivity contribution in [3.8, 4) is 0 Å². The van der Waals surface area contributed by atoms with Gasteiger partial charge in [-0.3, -0.25) is 4.79 Å². The molecule has 0 fully saturated rings. The smallest absolute Gasteiger partial charge is 0.309 e. The van der Waals surface area contributed by atoms with E-state index in [9.17, 15) is 4.79 Å². The molecule has 1 heterocycles. The van der Waals surface area contributed by atoms with Crippen molar-refractivity contribution in [2.24, 2.45) is 5.92 Å². The topological polar surface area (TPSA) is 38.3 Å². The van der Waals surface area contributed by atoms with Crippen molar-refractivity contribution in [2.75, 3.05) is 11.9 Å². The molecular formula is C22H26BrNO2. The van der Waals surface area contributed by atoms with Gasteiger partial charge in [-0.05, 0) is 61.4 Å². The number of esters is 1. The Bertz CT molecular complexity index is 717. The average molecular weight is 416 g/mol. The maximum Gasteiger partial charge on any atom is 0.309 e. The molecule has 0 saturated carbocycles. The van der Waals surface area contributed by atoms with Crippen molar-refractivity contribution in [3.05, 3.63) is 64.1 Å². The first kappa shape index (κ1) is 19.0. The van der Waals surface area contributed by atoms with E-state index in [1.807, 2.05) is 30.3 Å². The zero-order valence-electron chi connectivity index (χ0n) is 15.0. The largest absolute Gasteiger partial charge is 0.461 e. The van der Waals surface area contributed by atoms with Crippen LogP contribution in [0.15, 0.2) is 53.0 Å². The highest BCUT2D eigenvalue weighted by Gasteiger charge is 2.20. The third kappa shape index (κ3) is 5.60. The summed E-state index contributed by atoms with van der Waals surface area (Å²) >= 11 is 3.56. The molecule has 3 rings (SSSR count). The Labute approximate surface area is 164 Å². The predicted octanol–water partition coefficient (Wildman–Crippen LogP) is 5.73. The first-order valence-electron chi connectivity index (χ1n) is 9.45. The quantitative estimate of drug-likeness (QED) is 0.650. The molecule has 26 heavy (non-hydrogen) atoms. The van der Waals surface area contributed by atoms with Crippen LogP contribution in [0, 0.1) is 5.92 Å². The molecule has 3 nitrogen and oxygen atoms in total. The lowest BCUT2D eigenvalue weighted by Gasteiger charge is -2.16. The van der Waals surface area contributed by atoms with Gasteiger partial charge in [-0.15, -0.1) is 0 Å². The van der Waals surface area contributed by atoms with Gasteiger partial charge in [0.15, 0.2) is 0 Å². The fraction of sp³-hybridized carbons (Fsp3) is 0.409. The highest BCUT2D eigenvalue weighted by Crippen LogP contribution is 2.26. The van der Waals surface area contributed by atoms with E-state index < -0.39 is 0 Å². The zero-order valence-corrected chi connectivity index (χ0v) is 16.6. The SMILES string of the molecule is O=C(OCc1ccccc1)C1CCCCc2cc(Br)ccc2NCCC1. The number of carbonyl (C=O) groups is 1. The highest BCUT2D eigenvalue weighted by molar-refractivity contribution is 9.10. The van der Waals surface area contributed by atoms with Crippen molar-refractivity contribution in [1.82, 2.24) is 0 Å². The average Bonchev–Trinajstić information content (AvgIpc) is 2.71. The molecule has 1 unspecified atom stereocenters. The lowest BCUT2D eigenvalue weighted by Crippen LogP contribution is -2.19. The Morgan fingerprint density at radius 3 is 2.73 bits per heavy atom. The molecule has 0 radical (unpaired) electrons. The molecule has 1 atom stereocenters. The fourth-order valence-corrected chi connectivity index (χ4v) is 3.85. The number of carbonyl (C=O) groups excluding carboxylic acids is 1. The van der Waals surface area contributed by atoms with Crippen molar-refractivity contribution >= 4 is 27.6 Å². The van der Waals surface area contributed by atoms with Crippen LogP contribution >= 0.6 is 15.9 Å². The third-order valence-corrected chi connectivity index (χ3v) is 5.41. The van der Waals surface area contributed by atoms with Crippen molar-refractivity contribution in [3.63, 3.8) is 0 Å². The number of aryl methyl sites for hydroxylation is 1. The van der Waals surface area contributed by atoms with Crippen LogP contribution < -0.4 is 5.32 Å². The van der Waals surface area contributed by atoms with Gasteiger partial charge >= 0.3 is 5.97 Å². The van der Waals surface area contributed by atoms with Crippen molar-refractivity contribution < 1.29 is 9.53 Å². The summed E-state index contributed by atoms with van der Waals surface area (Å²) in [6.45, 7) is 1.25. The van der Waals surface area contributed by atoms with E-state index in [0.29, 0.717) is 6.61 Å². The Balaban J connectivity index is 1.55. The normalized spacial score (nSPS) is 18.1. The Morgan fingerprint density at radius 2 is 1.88 bits per heavy atom. The molecule has 0 saturated heterocycles. The summed E-state index contributed by atoms with van der Waals surface area (Å²) in [5, 5.41) is 3.53. The van der Waals surface area contributed by atoms with Crippen molar-refractivity contribution in [2.45, 2.75) is 45.1 Å². The Hall–Kier alpha value is -1.81. The minimum atomic E-state index is -0.0478. The first-order valence-corrected chi connectivity index (χ1v) is 10.2. The minimum Gasteiger partial charge on any atom is -0.461 e. The molecule has 0 amide bonds. The van der Waals surface area contributed by atoms with Gasteiger partial charge < -0.3 is 10.1 Å². The van der Waals surface area contributed by atoms with Gasteiger partial charge in [0.05, 0.1) is 5.92 Å². The molecule has 1 N–H and O–H groups in total. The van der Waals surface area contributed by atoms with Crippen LogP contribution in [0.4, 0.5) is 5.69 Å². The van der Waals surface area contributed by atoms with E-state index in [1.54, 1.807) is 0 Å². The lowest BCUT2D eigenvalue weighted by molar-refractivity contribution is -0.150. The number of hydrogen-bond donors (Lipinski definition) is 1. The van der Waals surface area contributed by atoms with Gasteiger partial charge in [0.2, 0.25) is 0 Å². The van der Waals surface area contributed by atoms with Gasteiger partial charge in [0.1, 0.15) is 6.61 Å². The maximum absolute atomic E-state index is 12.5. The zero-order chi connectivity index (χ0) is 18.2. The fourth-order valence-electron chi connectivity index (χ4n) is 3.45. The molecule has 0 spiro atoms. The second-order valence-electron chi connectivity index (χ2n) is 6.91. The van der Waals surface area contributed by atoms with Crippen molar-refractivity contribution in [1.29, 1.82) is 0 Å². The number of rotatable bonds is 3. The lowest BCUT2D eigenvalue weighted by atomic mass is 9.95. The number of fused-ring (bicyclic) bond motifs is 1. The molecule has 138 valence electrons. The number of nitrogens with one attached hydrogen (secondary N) is 1. The number of benzene rings is 2. The molecule has 0 bridgehead atoms. The van der Waals surface area contributed by atoms with E-state index in [1.165, 1.54) is 11.3 Å². The molecule has 4 heteroatoms.